The molecule has 1 aromatic heterocycles. The molecule has 1 aromatic carbocycles. The van der Waals surface area contributed by atoms with E-state index in [2.05, 4.69) is 10.4 Å². The number of nitrogens with zero attached hydrogens (tertiary/aromatic N) is 2. The van der Waals surface area contributed by atoms with Crippen LogP contribution in [0.4, 0.5) is 13.2 Å². The number of carboxylic acids is 2. The summed E-state index contributed by atoms with van der Waals surface area (Å²) in [5.74, 6) is -2.41. The minimum atomic E-state index is -5.08. The van der Waals surface area contributed by atoms with E-state index in [-0.39, 0.29) is 12.3 Å². The number of carbonyl (C=O) groups excluding carboxylic acids is 1. The lowest BCUT2D eigenvalue weighted by molar-refractivity contribution is -0.192. The number of halogens is 4. The van der Waals surface area contributed by atoms with Crippen molar-refractivity contribution in [1.82, 2.24) is 15.1 Å². The molecule has 0 atom stereocenters. The van der Waals surface area contributed by atoms with Crippen molar-refractivity contribution in [3.8, 4) is 5.69 Å². The predicted octanol–water partition coefficient (Wildman–Crippen LogP) is 5.01. The maximum absolute atomic E-state index is 12.8. The Morgan fingerprint density at radius 3 is 2.25 bits per heavy atom. The lowest BCUT2D eigenvalue weighted by Crippen LogP contribution is -2.27. The minimum Gasteiger partial charge on any atom is -0.481 e. The summed E-state index contributed by atoms with van der Waals surface area (Å²) in [5, 5.41) is 24.1. The highest BCUT2D eigenvalue weighted by atomic mass is 35.5. The number of hydrogen-bond donors (Lipinski definition) is 3. The van der Waals surface area contributed by atoms with Crippen LogP contribution >= 0.6 is 33.2 Å². The van der Waals surface area contributed by atoms with E-state index >= 15 is 0 Å². The molecular formula is C22H25ClF3N3O5S2. The zero-order valence-corrected chi connectivity index (χ0v) is 21.4. The minimum absolute atomic E-state index is 0.146. The van der Waals surface area contributed by atoms with Gasteiger partial charge in [-0.2, -0.15) is 18.3 Å². The second-order valence-electron chi connectivity index (χ2n) is 7.57. The van der Waals surface area contributed by atoms with Crippen molar-refractivity contribution < 1.29 is 37.8 Å². The predicted molar refractivity (Wildman–Crippen MR) is 133 cm³/mol. The third kappa shape index (κ3) is 9.58. The molecule has 8 nitrogen and oxygen atoms in total. The van der Waals surface area contributed by atoms with E-state index in [0.29, 0.717) is 23.0 Å². The van der Waals surface area contributed by atoms with Crippen LogP contribution in [0.5, 0.6) is 0 Å². The van der Waals surface area contributed by atoms with Crippen LogP contribution in [-0.4, -0.2) is 62.1 Å². The molecule has 1 aliphatic rings. The molecule has 0 saturated carbocycles. The van der Waals surface area contributed by atoms with Crippen molar-refractivity contribution in [2.75, 3.05) is 18.1 Å². The third-order valence-corrected chi connectivity index (χ3v) is 7.57. The van der Waals surface area contributed by atoms with Crippen LogP contribution < -0.4 is 5.32 Å². The largest absolute Gasteiger partial charge is 0.490 e. The van der Waals surface area contributed by atoms with E-state index in [1.807, 2.05) is 28.9 Å². The van der Waals surface area contributed by atoms with E-state index in [0.717, 1.165) is 54.8 Å². The molecule has 0 saturated heterocycles. The van der Waals surface area contributed by atoms with E-state index < -0.39 is 18.1 Å². The van der Waals surface area contributed by atoms with Crippen molar-refractivity contribution in [3.63, 3.8) is 0 Å². The van der Waals surface area contributed by atoms with Crippen LogP contribution in [0.25, 0.3) is 5.69 Å². The second-order valence-corrected chi connectivity index (χ2v) is 10.7. The molecule has 1 amide bonds. The average Bonchev–Trinajstić information content (AvgIpc) is 2.99. The Morgan fingerprint density at radius 2 is 1.64 bits per heavy atom. The first-order chi connectivity index (χ1) is 17.0. The summed E-state index contributed by atoms with van der Waals surface area (Å²) >= 11 is 6.02. The Labute approximate surface area is 218 Å². The fourth-order valence-electron chi connectivity index (χ4n) is 3.29. The molecule has 0 spiro atoms. The highest BCUT2D eigenvalue weighted by Crippen LogP contribution is 2.27. The first kappa shape index (κ1) is 29.8. The second kappa shape index (κ2) is 14.4. The molecule has 0 bridgehead atoms. The SMILES string of the molecule is O=C(O)C(F)(F)F.O=C(O)CCSSCCNC(=O)c1nn(-c2ccc(Cl)cc2)c2c1CCCCC2. The van der Waals surface area contributed by atoms with Crippen molar-refractivity contribution >= 4 is 51.0 Å². The van der Waals surface area contributed by atoms with Gasteiger partial charge in [-0.3, -0.25) is 9.59 Å². The van der Waals surface area contributed by atoms with Crippen LogP contribution in [0.3, 0.4) is 0 Å². The Hall–Kier alpha value is -2.38. The number of hydrogen-bond acceptors (Lipinski definition) is 6. The summed E-state index contributed by atoms with van der Waals surface area (Å²) in [7, 11) is 3.08. The number of benzene rings is 1. The van der Waals surface area contributed by atoms with E-state index in [1.165, 1.54) is 10.8 Å². The van der Waals surface area contributed by atoms with Gasteiger partial charge in [-0.05, 0) is 49.9 Å². The van der Waals surface area contributed by atoms with Gasteiger partial charge in [-0.25, -0.2) is 9.48 Å². The number of alkyl halides is 3. The number of carboxylic acid groups (broad SMARTS) is 2. The zero-order chi connectivity index (χ0) is 26.7. The number of nitrogens with one attached hydrogen (secondary N) is 1. The number of aliphatic carboxylic acids is 2. The summed E-state index contributed by atoms with van der Waals surface area (Å²) in [6.45, 7) is 0.520. The summed E-state index contributed by atoms with van der Waals surface area (Å²) in [5.41, 5.74) is 3.60. The molecule has 1 aliphatic carbocycles. The standard InChI is InChI=1S/C20H24ClN3O3S2.C2HF3O2/c21-14-6-8-15(9-7-14)24-17-5-3-1-2-4-16(17)19(23-24)20(27)22-11-13-29-28-12-10-18(25)26;3-2(4,5)1(6)7/h6-9H,1-5,10-13H2,(H,22,27)(H,25,26);(H,6,7). The highest BCUT2D eigenvalue weighted by molar-refractivity contribution is 8.76. The van der Waals surface area contributed by atoms with Gasteiger partial charge < -0.3 is 15.5 Å². The molecule has 0 aliphatic heterocycles. The molecule has 198 valence electrons. The van der Waals surface area contributed by atoms with Gasteiger partial charge in [-0.1, -0.05) is 39.6 Å². The fourth-order valence-corrected chi connectivity index (χ4v) is 5.30. The van der Waals surface area contributed by atoms with Gasteiger partial charge in [0, 0.05) is 34.3 Å². The summed E-state index contributed by atoms with van der Waals surface area (Å²) in [4.78, 5) is 32.2. The van der Waals surface area contributed by atoms with E-state index in [9.17, 15) is 22.8 Å². The van der Waals surface area contributed by atoms with E-state index in [4.69, 9.17) is 26.6 Å². The molecular weight excluding hydrogens is 543 g/mol. The van der Waals surface area contributed by atoms with Gasteiger partial charge in [0.15, 0.2) is 5.69 Å². The molecule has 0 unspecified atom stereocenters. The van der Waals surface area contributed by atoms with Crippen molar-refractivity contribution in [2.24, 2.45) is 0 Å². The van der Waals surface area contributed by atoms with Crippen molar-refractivity contribution in [1.29, 1.82) is 0 Å². The molecule has 3 N–H and O–H groups in total. The molecule has 2 aromatic rings. The quantitative estimate of drug-likeness (QED) is 0.219. The maximum Gasteiger partial charge on any atom is 0.490 e. The Morgan fingerprint density at radius 1 is 1.03 bits per heavy atom. The monoisotopic (exact) mass is 567 g/mol. The van der Waals surface area contributed by atoms with Crippen LogP contribution in [0, 0.1) is 0 Å². The van der Waals surface area contributed by atoms with Gasteiger partial charge in [0.2, 0.25) is 0 Å². The maximum atomic E-state index is 12.8. The van der Waals surface area contributed by atoms with Crippen molar-refractivity contribution in [3.05, 3.63) is 46.2 Å². The highest BCUT2D eigenvalue weighted by Gasteiger charge is 2.38. The fraction of sp³-hybridized carbons (Fsp3) is 0.455. The van der Waals surface area contributed by atoms with Crippen LogP contribution in [0.1, 0.15) is 47.4 Å². The first-order valence-electron chi connectivity index (χ1n) is 10.9. The Kier molecular flexibility index (Phi) is 11.9. The topological polar surface area (TPSA) is 122 Å². The van der Waals surface area contributed by atoms with Gasteiger partial charge in [0.1, 0.15) is 0 Å². The lowest BCUT2D eigenvalue weighted by Gasteiger charge is -2.07. The molecule has 3 rings (SSSR count). The van der Waals surface area contributed by atoms with Gasteiger partial charge >= 0.3 is 18.1 Å². The smallest absolute Gasteiger partial charge is 0.481 e. The normalized spacial score (nSPS) is 13.1. The van der Waals surface area contributed by atoms with Gasteiger partial charge in [0.05, 0.1) is 12.1 Å². The Balaban J connectivity index is 0.000000572. The van der Waals surface area contributed by atoms with Gasteiger partial charge in [0.25, 0.3) is 5.91 Å². The van der Waals surface area contributed by atoms with Crippen molar-refractivity contribution in [2.45, 2.75) is 44.7 Å². The average molecular weight is 568 g/mol. The number of amides is 1. The zero-order valence-electron chi connectivity index (χ0n) is 19.0. The van der Waals surface area contributed by atoms with Crippen LogP contribution in [0.15, 0.2) is 24.3 Å². The molecule has 0 radical (unpaired) electrons. The summed E-state index contributed by atoms with van der Waals surface area (Å²) < 4.78 is 33.6. The lowest BCUT2D eigenvalue weighted by atomic mass is 10.1. The number of carbonyl (C=O) groups is 3. The first-order valence-corrected chi connectivity index (χ1v) is 13.8. The number of aromatic nitrogens is 2. The molecule has 1 heterocycles. The molecule has 14 heteroatoms. The van der Waals surface area contributed by atoms with Gasteiger partial charge in [-0.15, -0.1) is 0 Å². The number of rotatable bonds is 9. The third-order valence-electron chi connectivity index (χ3n) is 4.91. The summed E-state index contributed by atoms with van der Waals surface area (Å²) in [6, 6.07) is 7.52. The number of fused-ring (bicyclic) bond motifs is 1. The van der Waals surface area contributed by atoms with Crippen LogP contribution in [-0.2, 0) is 22.4 Å². The molecule has 0 fully saturated rings. The Bertz CT molecular complexity index is 1050. The van der Waals surface area contributed by atoms with Crippen LogP contribution in [0.2, 0.25) is 5.02 Å². The summed E-state index contributed by atoms with van der Waals surface area (Å²) in [6.07, 6.45) is 0.159. The van der Waals surface area contributed by atoms with E-state index in [1.54, 1.807) is 10.8 Å². The molecule has 36 heavy (non-hydrogen) atoms.